The number of carbonyl (C=O) groups is 1. The molecule has 176 valence electrons. The van der Waals surface area contributed by atoms with Gasteiger partial charge in [0.25, 0.3) is 0 Å². The van der Waals surface area contributed by atoms with Gasteiger partial charge < -0.3 is 14.2 Å². The number of halogens is 2. The Morgan fingerprint density at radius 2 is 1.56 bits per heavy atom. The third-order valence-electron chi connectivity index (χ3n) is 5.92. The topological polar surface area (TPSA) is 34.5 Å². The molecular weight excluding hydrogens is 467 g/mol. The first-order valence-electron chi connectivity index (χ1n) is 11.4. The normalized spacial score (nSPS) is 11.1. The highest BCUT2D eigenvalue weighted by Crippen LogP contribution is 2.39. The lowest BCUT2D eigenvalue weighted by atomic mass is 9.97. The molecule has 0 bridgehead atoms. The van der Waals surface area contributed by atoms with Crippen LogP contribution in [0, 0.1) is 13.8 Å². The molecule has 3 aromatic carbocycles. The van der Waals surface area contributed by atoms with Crippen molar-refractivity contribution in [3.8, 4) is 16.9 Å². The van der Waals surface area contributed by atoms with Gasteiger partial charge in [-0.25, -0.2) is 4.79 Å². The summed E-state index contributed by atoms with van der Waals surface area (Å²) in [6.07, 6.45) is 1.70. The van der Waals surface area contributed by atoms with E-state index in [1.54, 1.807) is 11.0 Å². The van der Waals surface area contributed by atoms with Crippen LogP contribution in [0.4, 0.5) is 4.79 Å². The molecule has 0 N–H and O–H groups in total. The van der Waals surface area contributed by atoms with Crippen molar-refractivity contribution in [2.75, 3.05) is 13.1 Å². The lowest BCUT2D eigenvalue weighted by molar-refractivity contribution is 0.157. The average Bonchev–Trinajstić information content (AvgIpc) is 3.15. The van der Waals surface area contributed by atoms with Crippen LogP contribution in [0.5, 0.6) is 5.75 Å². The summed E-state index contributed by atoms with van der Waals surface area (Å²) < 4.78 is 8.09. The van der Waals surface area contributed by atoms with Gasteiger partial charge in [-0.05, 0) is 75.2 Å². The van der Waals surface area contributed by atoms with E-state index in [1.165, 1.54) is 0 Å². The summed E-state index contributed by atoms with van der Waals surface area (Å²) in [5, 5.41) is 2.24. The first-order valence-corrected chi connectivity index (χ1v) is 12.2. The zero-order chi connectivity index (χ0) is 24.4. The SMILES string of the molecule is CCN(CC)C(=O)Oc1ccc2c(ccn2Cc2cc(Cl)cc(Cl)c2)c1-c1cc(C)cc(C)c1. The van der Waals surface area contributed by atoms with Crippen LogP contribution in [0.15, 0.2) is 60.8 Å². The molecule has 0 atom stereocenters. The predicted molar refractivity (Wildman–Crippen MR) is 141 cm³/mol. The average molecular weight is 495 g/mol. The number of ether oxygens (including phenoxy) is 1. The Kier molecular flexibility index (Phi) is 7.20. The summed E-state index contributed by atoms with van der Waals surface area (Å²) in [5.74, 6) is 0.554. The fraction of sp³-hybridized carbons (Fsp3) is 0.250. The van der Waals surface area contributed by atoms with Gasteiger partial charge in [0.05, 0.1) is 0 Å². The van der Waals surface area contributed by atoms with Crippen LogP contribution in [0.2, 0.25) is 10.0 Å². The largest absolute Gasteiger partial charge is 0.415 e. The first kappa shape index (κ1) is 24.2. The summed E-state index contributed by atoms with van der Waals surface area (Å²) in [7, 11) is 0. The number of fused-ring (bicyclic) bond motifs is 1. The minimum atomic E-state index is -0.344. The molecule has 0 spiro atoms. The van der Waals surface area contributed by atoms with Gasteiger partial charge in [-0.15, -0.1) is 0 Å². The molecule has 1 amide bonds. The molecule has 0 unspecified atom stereocenters. The summed E-state index contributed by atoms with van der Waals surface area (Å²) in [6, 6.07) is 17.9. The third kappa shape index (κ3) is 5.08. The van der Waals surface area contributed by atoms with E-state index in [0.717, 1.165) is 38.7 Å². The van der Waals surface area contributed by atoms with Crippen LogP contribution in [0.25, 0.3) is 22.0 Å². The highest BCUT2D eigenvalue weighted by atomic mass is 35.5. The molecule has 0 aliphatic heterocycles. The van der Waals surface area contributed by atoms with E-state index in [4.69, 9.17) is 27.9 Å². The molecule has 0 radical (unpaired) electrons. The van der Waals surface area contributed by atoms with Crippen molar-refractivity contribution in [1.29, 1.82) is 0 Å². The van der Waals surface area contributed by atoms with Crippen LogP contribution in [-0.2, 0) is 6.54 Å². The van der Waals surface area contributed by atoms with E-state index < -0.39 is 0 Å². The number of aromatic nitrogens is 1. The molecule has 6 heteroatoms. The second-order valence-electron chi connectivity index (χ2n) is 8.51. The smallest absolute Gasteiger partial charge is 0.410 e. The molecule has 4 rings (SSSR count). The van der Waals surface area contributed by atoms with Crippen LogP contribution >= 0.6 is 23.2 Å². The Morgan fingerprint density at radius 3 is 2.18 bits per heavy atom. The number of nitrogens with zero attached hydrogens (tertiary/aromatic N) is 2. The van der Waals surface area contributed by atoms with Crippen molar-refractivity contribution in [3.05, 3.63) is 87.5 Å². The van der Waals surface area contributed by atoms with E-state index in [-0.39, 0.29) is 6.09 Å². The third-order valence-corrected chi connectivity index (χ3v) is 6.36. The molecular formula is C28H28Cl2N2O2. The van der Waals surface area contributed by atoms with E-state index in [2.05, 4.69) is 42.7 Å². The summed E-state index contributed by atoms with van der Waals surface area (Å²) in [4.78, 5) is 14.5. The highest BCUT2D eigenvalue weighted by molar-refractivity contribution is 6.34. The van der Waals surface area contributed by atoms with Crippen molar-refractivity contribution in [2.45, 2.75) is 34.2 Å². The molecule has 1 heterocycles. The summed E-state index contributed by atoms with van der Waals surface area (Å²) in [5.41, 5.74) is 6.29. The number of aryl methyl sites for hydroxylation is 2. The molecule has 4 nitrogen and oxygen atoms in total. The minimum Gasteiger partial charge on any atom is -0.410 e. The number of hydrogen-bond acceptors (Lipinski definition) is 2. The lowest BCUT2D eigenvalue weighted by Crippen LogP contribution is -2.33. The summed E-state index contributed by atoms with van der Waals surface area (Å²) in [6.45, 7) is 9.85. The van der Waals surface area contributed by atoms with Gasteiger partial charge in [0, 0.05) is 52.3 Å². The van der Waals surface area contributed by atoms with Gasteiger partial charge in [-0.3, -0.25) is 0 Å². The first-order chi connectivity index (χ1) is 16.3. The van der Waals surface area contributed by atoms with Gasteiger partial charge in [-0.2, -0.15) is 0 Å². The number of rotatable bonds is 6. The van der Waals surface area contributed by atoms with Crippen LogP contribution in [0.1, 0.15) is 30.5 Å². The second kappa shape index (κ2) is 10.1. The molecule has 1 aromatic heterocycles. The molecule has 0 aliphatic carbocycles. The molecule has 4 aromatic rings. The Hall–Kier alpha value is -2.95. The van der Waals surface area contributed by atoms with Crippen molar-refractivity contribution >= 4 is 40.2 Å². The van der Waals surface area contributed by atoms with Gasteiger partial charge in [0.2, 0.25) is 0 Å². The second-order valence-corrected chi connectivity index (χ2v) is 9.38. The van der Waals surface area contributed by atoms with E-state index >= 15 is 0 Å². The fourth-order valence-corrected chi connectivity index (χ4v) is 5.00. The van der Waals surface area contributed by atoms with Crippen molar-refractivity contribution in [3.63, 3.8) is 0 Å². The zero-order valence-electron chi connectivity index (χ0n) is 19.9. The van der Waals surface area contributed by atoms with Crippen LogP contribution in [0.3, 0.4) is 0 Å². The number of carbonyl (C=O) groups excluding carboxylic acids is 1. The Morgan fingerprint density at radius 1 is 0.912 bits per heavy atom. The zero-order valence-corrected chi connectivity index (χ0v) is 21.4. The highest BCUT2D eigenvalue weighted by Gasteiger charge is 2.19. The van der Waals surface area contributed by atoms with Crippen LogP contribution < -0.4 is 4.74 Å². The van der Waals surface area contributed by atoms with E-state index in [1.807, 2.05) is 44.3 Å². The quantitative estimate of drug-likeness (QED) is 0.271. The van der Waals surface area contributed by atoms with E-state index in [9.17, 15) is 4.79 Å². The molecule has 0 fully saturated rings. The Labute approximate surface area is 210 Å². The van der Waals surface area contributed by atoms with E-state index in [0.29, 0.717) is 35.4 Å². The number of amides is 1. The monoisotopic (exact) mass is 494 g/mol. The van der Waals surface area contributed by atoms with Gasteiger partial charge in [0.1, 0.15) is 5.75 Å². The minimum absolute atomic E-state index is 0.344. The maximum absolute atomic E-state index is 12.8. The van der Waals surface area contributed by atoms with Crippen molar-refractivity contribution in [2.24, 2.45) is 0 Å². The molecule has 0 aliphatic rings. The fourth-order valence-electron chi connectivity index (χ4n) is 4.43. The Balaban J connectivity index is 1.85. The number of benzene rings is 3. The maximum Gasteiger partial charge on any atom is 0.415 e. The lowest BCUT2D eigenvalue weighted by Gasteiger charge is -2.20. The predicted octanol–water partition coefficient (Wildman–Crippen LogP) is 8.12. The number of hydrogen-bond donors (Lipinski definition) is 0. The standard InChI is InChI=1S/C28H28Cl2N2O2/c1-5-31(6-2)28(33)34-26-8-7-25-24(27(26)21-12-18(3)11-19(4)13-21)9-10-32(25)17-20-14-22(29)16-23(30)15-20/h7-16H,5-6,17H2,1-4H3. The van der Waals surface area contributed by atoms with Crippen LogP contribution in [-0.4, -0.2) is 28.6 Å². The molecule has 0 saturated carbocycles. The van der Waals surface area contributed by atoms with Crippen molar-refractivity contribution < 1.29 is 9.53 Å². The van der Waals surface area contributed by atoms with Gasteiger partial charge in [-0.1, -0.05) is 52.5 Å². The maximum atomic E-state index is 12.8. The summed E-state index contributed by atoms with van der Waals surface area (Å²) >= 11 is 12.4. The molecule has 0 saturated heterocycles. The molecule has 34 heavy (non-hydrogen) atoms. The Bertz CT molecular complexity index is 1320. The van der Waals surface area contributed by atoms with Gasteiger partial charge >= 0.3 is 6.09 Å². The van der Waals surface area contributed by atoms with Crippen molar-refractivity contribution in [1.82, 2.24) is 9.47 Å². The van der Waals surface area contributed by atoms with Gasteiger partial charge in [0.15, 0.2) is 0 Å².